The van der Waals surface area contributed by atoms with Crippen LogP contribution in [-0.4, -0.2) is 29.5 Å². The maximum absolute atomic E-state index is 13.8. The van der Waals surface area contributed by atoms with Crippen molar-refractivity contribution in [3.8, 4) is 5.75 Å². The van der Waals surface area contributed by atoms with Crippen molar-refractivity contribution >= 4 is 40.2 Å². The number of carbonyl (C=O) groups is 1. The SMILES string of the molecule is COc1ccc2ccccc2c1/C=C1\SC(Nc2ccccc2)N([C@@H]2CCCC[C@@H]2C)C1=O. The zero-order valence-corrected chi connectivity index (χ0v) is 20.0. The number of methoxy groups -OCH3 is 1. The minimum Gasteiger partial charge on any atom is -0.496 e. The molecule has 3 aromatic rings. The van der Waals surface area contributed by atoms with Crippen LogP contribution in [0.1, 0.15) is 38.2 Å². The lowest BCUT2D eigenvalue weighted by atomic mass is 9.85. The van der Waals surface area contributed by atoms with E-state index in [1.165, 1.54) is 19.3 Å². The fraction of sp³-hybridized carbons (Fsp3) is 0.321. The number of carbonyl (C=O) groups excluding carboxylic acids is 1. The molecule has 1 heterocycles. The van der Waals surface area contributed by atoms with Crippen LogP contribution in [0.15, 0.2) is 71.6 Å². The lowest BCUT2D eigenvalue weighted by molar-refractivity contribution is -0.129. The number of nitrogens with zero attached hydrogens (tertiary/aromatic N) is 1. The first kappa shape index (κ1) is 21.9. The van der Waals surface area contributed by atoms with E-state index in [1.807, 2.05) is 42.5 Å². The smallest absolute Gasteiger partial charge is 0.262 e. The predicted octanol–water partition coefficient (Wildman–Crippen LogP) is 6.74. The van der Waals surface area contributed by atoms with Crippen molar-refractivity contribution in [2.24, 2.45) is 5.92 Å². The Kier molecular flexibility index (Phi) is 6.32. The summed E-state index contributed by atoms with van der Waals surface area (Å²) in [5.74, 6) is 1.39. The molecular weight excluding hydrogens is 428 g/mol. The number of fused-ring (bicyclic) bond motifs is 1. The van der Waals surface area contributed by atoms with Gasteiger partial charge in [0.2, 0.25) is 0 Å². The van der Waals surface area contributed by atoms with Crippen molar-refractivity contribution in [1.82, 2.24) is 4.90 Å². The fourth-order valence-electron chi connectivity index (χ4n) is 5.10. The number of rotatable bonds is 5. The highest BCUT2D eigenvalue weighted by Gasteiger charge is 2.43. The van der Waals surface area contributed by atoms with Crippen molar-refractivity contribution in [2.75, 3.05) is 12.4 Å². The molecule has 1 aliphatic heterocycles. The van der Waals surface area contributed by atoms with Crippen LogP contribution in [0.3, 0.4) is 0 Å². The molecule has 5 rings (SSSR count). The summed E-state index contributed by atoms with van der Waals surface area (Å²) in [7, 11) is 1.69. The van der Waals surface area contributed by atoms with Gasteiger partial charge in [-0.3, -0.25) is 4.79 Å². The standard InChI is InChI=1S/C28H30N2O2S/c1-19-10-6-9-15-24(19)30-27(31)26(33-28(30)29-21-12-4-3-5-13-21)18-23-22-14-8-7-11-20(22)16-17-25(23)32-2/h3-5,7-8,11-14,16-19,24,28-29H,6,9-10,15H2,1-2H3/b26-18-/t19-,24+,28?/m0/s1. The largest absolute Gasteiger partial charge is 0.496 e. The van der Waals surface area contributed by atoms with Gasteiger partial charge in [0.05, 0.1) is 12.0 Å². The molecule has 3 atom stereocenters. The van der Waals surface area contributed by atoms with Gasteiger partial charge in [0, 0.05) is 17.3 Å². The molecule has 0 aromatic heterocycles. The molecule has 1 N–H and O–H groups in total. The van der Waals surface area contributed by atoms with E-state index < -0.39 is 0 Å². The number of thioether (sulfide) groups is 1. The second-order valence-corrected chi connectivity index (χ2v) is 10.1. The highest BCUT2D eigenvalue weighted by Crippen LogP contribution is 2.43. The summed E-state index contributed by atoms with van der Waals surface area (Å²) in [5.41, 5.74) is 1.86. The molecule has 2 fully saturated rings. The monoisotopic (exact) mass is 458 g/mol. The van der Waals surface area contributed by atoms with E-state index in [2.05, 4.69) is 47.5 Å². The van der Waals surface area contributed by atoms with E-state index in [0.717, 1.165) is 39.1 Å². The minimum atomic E-state index is -0.127. The van der Waals surface area contributed by atoms with Gasteiger partial charge in [-0.25, -0.2) is 0 Å². The molecular formula is C28H30N2O2S. The number of hydrogen-bond acceptors (Lipinski definition) is 4. The third-order valence-electron chi connectivity index (χ3n) is 6.85. The molecule has 5 heteroatoms. The highest BCUT2D eigenvalue weighted by atomic mass is 32.2. The lowest BCUT2D eigenvalue weighted by Crippen LogP contribution is -2.48. The molecule has 1 unspecified atom stereocenters. The van der Waals surface area contributed by atoms with Crippen LogP contribution in [0, 0.1) is 5.92 Å². The average molecular weight is 459 g/mol. The van der Waals surface area contributed by atoms with E-state index in [0.29, 0.717) is 5.92 Å². The summed E-state index contributed by atoms with van der Waals surface area (Å²) < 4.78 is 5.69. The van der Waals surface area contributed by atoms with E-state index in [4.69, 9.17) is 4.74 Å². The van der Waals surface area contributed by atoms with Crippen molar-refractivity contribution < 1.29 is 9.53 Å². The summed E-state index contributed by atoms with van der Waals surface area (Å²) >= 11 is 1.61. The molecule has 0 radical (unpaired) electrons. The molecule has 3 aromatic carbocycles. The molecule has 170 valence electrons. The first-order valence-corrected chi connectivity index (χ1v) is 12.6. The molecule has 2 aliphatic rings. The summed E-state index contributed by atoms with van der Waals surface area (Å²) in [4.78, 5) is 16.7. The van der Waals surface area contributed by atoms with Gasteiger partial charge in [0.15, 0.2) is 5.50 Å². The molecule has 0 bridgehead atoms. The van der Waals surface area contributed by atoms with Gasteiger partial charge in [0.1, 0.15) is 5.75 Å². The summed E-state index contributed by atoms with van der Waals surface area (Å²) in [5, 5.41) is 5.85. The highest BCUT2D eigenvalue weighted by molar-refractivity contribution is 8.05. The molecule has 4 nitrogen and oxygen atoms in total. The van der Waals surface area contributed by atoms with Crippen LogP contribution in [0.2, 0.25) is 0 Å². The maximum Gasteiger partial charge on any atom is 0.262 e. The Morgan fingerprint density at radius 3 is 2.55 bits per heavy atom. The third kappa shape index (κ3) is 4.34. The van der Waals surface area contributed by atoms with Crippen LogP contribution < -0.4 is 10.1 Å². The average Bonchev–Trinajstić information content (AvgIpc) is 3.14. The van der Waals surface area contributed by atoms with Gasteiger partial charge in [-0.1, -0.05) is 80.1 Å². The normalized spacial score (nSPS) is 24.4. The third-order valence-corrected chi connectivity index (χ3v) is 7.96. The van der Waals surface area contributed by atoms with Crippen molar-refractivity contribution in [3.63, 3.8) is 0 Å². The van der Waals surface area contributed by atoms with E-state index in [-0.39, 0.29) is 17.4 Å². The van der Waals surface area contributed by atoms with Gasteiger partial charge in [-0.2, -0.15) is 0 Å². The van der Waals surface area contributed by atoms with Gasteiger partial charge >= 0.3 is 0 Å². The molecule has 33 heavy (non-hydrogen) atoms. The van der Waals surface area contributed by atoms with E-state index in [9.17, 15) is 4.79 Å². The van der Waals surface area contributed by atoms with Crippen LogP contribution in [0.4, 0.5) is 5.69 Å². The zero-order chi connectivity index (χ0) is 22.8. The summed E-state index contributed by atoms with van der Waals surface area (Å²) in [6.07, 6.45) is 6.69. The van der Waals surface area contributed by atoms with Gasteiger partial charge in [0.25, 0.3) is 5.91 Å². The molecule has 1 saturated heterocycles. The van der Waals surface area contributed by atoms with E-state index in [1.54, 1.807) is 18.9 Å². The summed E-state index contributed by atoms with van der Waals surface area (Å²) in [6, 6.07) is 22.7. The fourth-order valence-corrected chi connectivity index (χ4v) is 6.29. The molecule has 1 amide bonds. The number of hydrogen-bond donors (Lipinski definition) is 1. The topological polar surface area (TPSA) is 41.6 Å². The number of para-hydroxylation sites is 1. The number of benzene rings is 3. The molecule has 0 spiro atoms. The molecule has 1 saturated carbocycles. The second-order valence-electron chi connectivity index (χ2n) is 8.93. The first-order valence-electron chi connectivity index (χ1n) is 11.7. The number of ether oxygens (including phenoxy) is 1. The quantitative estimate of drug-likeness (QED) is 0.430. The van der Waals surface area contributed by atoms with Crippen LogP contribution in [0.5, 0.6) is 5.75 Å². The van der Waals surface area contributed by atoms with Crippen LogP contribution >= 0.6 is 11.8 Å². The van der Waals surface area contributed by atoms with Gasteiger partial charge in [-0.15, -0.1) is 0 Å². The Bertz CT molecular complexity index is 1180. The Hall–Kier alpha value is -2.92. The summed E-state index contributed by atoms with van der Waals surface area (Å²) in [6.45, 7) is 2.29. The Morgan fingerprint density at radius 1 is 1.00 bits per heavy atom. The lowest BCUT2D eigenvalue weighted by Gasteiger charge is -2.39. The van der Waals surface area contributed by atoms with Crippen molar-refractivity contribution in [3.05, 3.63) is 77.2 Å². The van der Waals surface area contributed by atoms with Crippen LogP contribution in [0.25, 0.3) is 16.8 Å². The van der Waals surface area contributed by atoms with Gasteiger partial charge < -0.3 is 15.0 Å². The number of anilines is 1. The Morgan fingerprint density at radius 2 is 1.76 bits per heavy atom. The maximum atomic E-state index is 13.8. The molecule has 1 aliphatic carbocycles. The van der Waals surface area contributed by atoms with Crippen molar-refractivity contribution in [1.29, 1.82) is 0 Å². The zero-order valence-electron chi connectivity index (χ0n) is 19.2. The van der Waals surface area contributed by atoms with Crippen LogP contribution in [-0.2, 0) is 4.79 Å². The van der Waals surface area contributed by atoms with Gasteiger partial charge in [-0.05, 0) is 53.8 Å². The first-order chi connectivity index (χ1) is 16.2. The minimum absolute atomic E-state index is 0.113. The Balaban J connectivity index is 1.55. The number of nitrogens with one attached hydrogen (secondary N) is 1. The van der Waals surface area contributed by atoms with E-state index >= 15 is 0 Å². The Labute approximate surface area is 200 Å². The number of amides is 1. The van der Waals surface area contributed by atoms with Crippen molar-refractivity contribution in [2.45, 2.75) is 44.1 Å². The second kappa shape index (κ2) is 9.52. The predicted molar refractivity (Wildman–Crippen MR) is 138 cm³/mol.